The second kappa shape index (κ2) is 8.81. The fourth-order valence-electron chi connectivity index (χ4n) is 3.04. The topological polar surface area (TPSA) is 32.3 Å². The van der Waals surface area contributed by atoms with Gasteiger partial charge in [0.1, 0.15) is 0 Å². The van der Waals surface area contributed by atoms with Crippen molar-refractivity contribution in [2.24, 2.45) is 5.92 Å². The van der Waals surface area contributed by atoms with Gasteiger partial charge in [-0.2, -0.15) is 0 Å². The molecule has 1 aromatic carbocycles. The molecule has 1 fully saturated rings. The Morgan fingerprint density at radius 1 is 1.17 bits per heavy atom. The van der Waals surface area contributed by atoms with E-state index >= 15 is 0 Å². The third-order valence-corrected chi connectivity index (χ3v) is 5.30. The van der Waals surface area contributed by atoms with E-state index in [1.54, 1.807) is 17.4 Å². The molecule has 3 rings (SSSR count). The number of nitrogens with zero attached hydrogens (tertiary/aromatic N) is 1. The van der Waals surface area contributed by atoms with Crippen molar-refractivity contribution in [2.45, 2.75) is 19.4 Å². The van der Waals surface area contributed by atoms with Gasteiger partial charge in [0.25, 0.3) is 0 Å². The number of carbonyl (C=O) groups excluding carboxylic acids is 1. The van der Waals surface area contributed by atoms with Crippen LogP contribution in [0.5, 0.6) is 0 Å². The van der Waals surface area contributed by atoms with E-state index in [1.165, 1.54) is 5.56 Å². The lowest BCUT2D eigenvalue weighted by Crippen LogP contribution is -2.38. The molecule has 0 bridgehead atoms. The molecule has 2 heterocycles. The first-order valence-electron chi connectivity index (χ1n) is 8.55. The minimum atomic E-state index is 0.00937. The Bertz CT molecular complexity index is 644. The molecule has 1 aliphatic rings. The summed E-state index contributed by atoms with van der Waals surface area (Å²) in [4.78, 5) is 15.5. The smallest absolute Gasteiger partial charge is 0.244 e. The number of carbonyl (C=O) groups is 1. The largest absolute Gasteiger partial charge is 0.352 e. The third kappa shape index (κ3) is 5.32. The number of thiophene rings is 1. The first-order chi connectivity index (χ1) is 11.8. The summed E-state index contributed by atoms with van der Waals surface area (Å²) in [6.07, 6.45) is 5.82. The van der Waals surface area contributed by atoms with E-state index in [9.17, 15) is 4.79 Å². The van der Waals surface area contributed by atoms with Crippen LogP contribution in [0.4, 0.5) is 0 Å². The summed E-state index contributed by atoms with van der Waals surface area (Å²) in [5, 5.41) is 5.05. The molecule has 126 valence electrons. The molecule has 1 saturated heterocycles. The van der Waals surface area contributed by atoms with Gasteiger partial charge in [-0.05, 0) is 54.9 Å². The van der Waals surface area contributed by atoms with Gasteiger partial charge in [0, 0.05) is 24.0 Å². The summed E-state index contributed by atoms with van der Waals surface area (Å²) >= 11 is 1.64. The van der Waals surface area contributed by atoms with Crippen molar-refractivity contribution in [2.75, 3.05) is 19.6 Å². The van der Waals surface area contributed by atoms with Crippen LogP contribution >= 0.6 is 11.3 Å². The highest BCUT2D eigenvalue weighted by molar-refractivity contribution is 7.10. The van der Waals surface area contributed by atoms with Crippen molar-refractivity contribution in [1.82, 2.24) is 10.2 Å². The van der Waals surface area contributed by atoms with E-state index in [0.717, 1.165) is 43.9 Å². The predicted octanol–water partition coefficient (Wildman–Crippen LogP) is 3.79. The number of hydrogen-bond acceptors (Lipinski definition) is 3. The van der Waals surface area contributed by atoms with E-state index in [1.807, 2.05) is 23.6 Å². The number of hydrogen-bond donors (Lipinski definition) is 1. The van der Waals surface area contributed by atoms with E-state index in [2.05, 4.69) is 40.5 Å². The van der Waals surface area contributed by atoms with Gasteiger partial charge in [0.2, 0.25) is 5.91 Å². The highest BCUT2D eigenvalue weighted by Gasteiger charge is 2.19. The molecular formula is C20H24N2OS. The summed E-state index contributed by atoms with van der Waals surface area (Å²) in [5.41, 5.74) is 1.38. The zero-order valence-corrected chi connectivity index (χ0v) is 14.7. The first-order valence-corrected chi connectivity index (χ1v) is 9.43. The van der Waals surface area contributed by atoms with Gasteiger partial charge in [-0.15, -0.1) is 11.3 Å². The molecule has 0 unspecified atom stereocenters. The van der Waals surface area contributed by atoms with Crippen molar-refractivity contribution in [3.63, 3.8) is 0 Å². The van der Waals surface area contributed by atoms with Crippen molar-refractivity contribution < 1.29 is 4.79 Å². The van der Waals surface area contributed by atoms with Crippen LogP contribution in [0.3, 0.4) is 0 Å². The lowest BCUT2D eigenvalue weighted by molar-refractivity contribution is -0.116. The monoisotopic (exact) mass is 340 g/mol. The fraction of sp³-hybridized carbons (Fsp3) is 0.350. The van der Waals surface area contributed by atoms with Crippen LogP contribution in [0.2, 0.25) is 0 Å². The van der Waals surface area contributed by atoms with Gasteiger partial charge < -0.3 is 5.32 Å². The van der Waals surface area contributed by atoms with Crippen LogP contribution in [0.1, 0.15) is 23.3 Å². The molecule has 1 aromatic heterocycles. The Hall–Kier alpha value is -1.91. The molecule has 0 spiro atoms. The van der Waals surface area contributed by atoms with Crippen LogP contribution in [0.15, 0.2) is 53.9 Å². The molecule has 2 aromatic rings. The van der Waals surface area contributed by atoms with Crippen LogP contribution < -0.4 is 5.32 Å². The lowest BCUT2D eigenvalue weighted by Gasteiger charge is -2.32. The minimum Gasteiger partial charge on any atom is -0.352 e. The highest BCUT2D eigenvalue weighted by Crippen LogP contribution is 2.18. The fourth-order valence-corrected chi connectivity index (χ4v) is 3.66. The van der Waals surface area contributed by atoms with Gasteiger partial charge >= 0.3 is 0 Å². The number of likely N-dealkylation sites (tertiary alicyclic amines) is 1. The summed E-state index contributed by atoms with van der Waals surface area (Å²) in [5.74, 6) is 0.603. The molecule has 24 heavy (non-hydrogen) atoms. The molecule has 3 nitrogen and oxygen atoms in total. The van der Waals surface area contributed by atoms with Gasteiger partial charge in [0.15, 0.2) is 0 Å². The zero-order valence-electron chi connectivity index (χ0n) is 13.9. The molecule has 0 saturated carbocycles. The molecule has 0 radical (unpaired) electrons. The number of benzene rings is 1. The number of amides is 1. The number of nitrogens with one attached hydrogen (secondary N) is 1. The van der Waals surface area contributed by atoms with Crippen LogP contribution in [-0.2, 0) is 11.3 Å². The van der Waals surface area contributed by atoms with Crippen molar-refractivity contribution >= 4 is 23.3 Å². The Morgan fingerprint density at radius 3 is 2.67 bits per heavy atom. The normalized spacial score (nSPS) is 16.5. The van der Waals surface area contributed by atoms with Gasteiger partial charge in [-0.3, -0.25) is 9.69 Å². The molecule has 0 aliphatic carbocycles. The Balaban J connectivity index is 1.35. The third-order valence-electron chi connectivity index (χ3n) is 4.46. The molecule has 1 N–H and O–H groups in total. The molecular weight excluding hydrogens is 316 g/mol. The zero-order chi connectivity index (χ0) is 16.6. The average molecular weight is 340 g/mol. The van der Waals surface area contributed by atoms with E-state index in [-0.39, 0.29) is 5.91 Å². The lowest BCUT2D eigenvalue weighted by atomic mass is 9.96. The van der Waals surface area contributed by atoms with Crippen LogP contribution in [0, 0.1) is 5.92 Å². The van der Waals surface area contributed by atoms with Gasteiger partial charge in [-0.1, -0.05) is 36.4 Å². The second-order valence-corrected chi connectivity index (χ2v) is 7.28. The minimum absolute atomic E-state index is 0.00937. The van der Waals surface area contributed by atoms with Crippen LogP contribution in [-0.4, -0.2) is 30.4 Å². The molecule has 4 heteroatoms. The van der Waals surface area contributed by atoms with E-state index in [4.69, 9.17) is 0 Å². The van der Waals surface area contributed by atoms with E-state index < -0.39 is 0 Å². The van der Waals surface area contributed by atoms with E-state index in [0.29, 0.717) is 5.92 Å². The SMILES string of the molecule is O=C(/C=C/c1cccs1)NCC1CCN(Cc2ccccc2)CC1. The second-order valence-electron chi connectivity index (χ2n) is 6.30. The summed E-state index contributed by atoms with van der Waals surface area (Å²) < 4.78 is 0. The maximum atomic E-state index is 11.9. The van der Waals surface area contributed by atoms with Gasteiger partial charge in [-0.25, -0.2) is 0 Å². The average Bonchev–Trinajstić information content (AvgIpc) is 3.14. The van der Waals surface area contributed by atoms with Crippen molar-refractivity contribution in [3.8, 4) is 0 Å². The van der Waals surface area contributed by atoms with Crippen LogP contribution in [0.25, 0.3) is 6.08 Å². The molecule has 0 atom stereocenters. The summed E-state index contributed by atoms with van der Waals surface area (Å²) in [6, 6.07) is 14.6. The summed E-state index contributed by atoms with van der Waals surface area (Å²) in [7, 11) is 0. The predicted molar refractivity (Wildman–Crippen MR) is 101 cm³/mol. The summed E-state index contributed by atoms with van der Waals surface area (Å²) in [6.45, 7) is 4.04. The Morgan fingerprint density at radius 2 is 1.96 bits per heavy atom. The highest BCUT2D eigenvalue weighted by atomic mass is 32.1. The first kappa shape index (κ1) is 16.9. The van der Waals surface area contributed by atoms with Crippen molar-refractivity contribution in [1.29, 1.82) is 0 Å². The number of rotatable bonds is 6. The Labute approximate surface area is 148 Å². The number of piperidine rings is 1. The molecule has 1 aliphatic heterocycles. The maximum absolute atomic E-state index is 11.9. The maximum Gasteiger partial charge on any atom is 0.244 e. The quantitative estimate of drug-likeness (QED) is 0.812. The Kier molecular flexibility index (Phi) is 6.21. The van der Waals surface area contributed by atoms with Gasteiger partial charge in [0.05, 0.1) is 0 Å². The van der Waals surface area contributed by atoms with Crippen molar-refractivity contribution in [3.05, 3.63) is 64.4 Å². The molecule has 1 amide bonds. The standard InChI is InChI=1S/C20H24N2OS/c23-20(9-8-19-7-4-14-24-19)21-15-17-10-12-22(13-11-17)16-18-5-2-1-3-6-18/h1-9,14,17H,10-13,15-16H2,(H,21,23)/b9-8+.